The van der Waals surface area contributed by atoms with Crippen molar-refractivity contribution in [3.63, 3.8) is 0 Å². The molecular weight excluding hydrogens is 296 g/mol. The summed E-state index contributed by atoms with van der Waals surface area (Å²) in [5.74, 6) is -0.741. The van der Waals surface area contributed by atoms with Crippen molar-refractivity contribution < 1.29 is 19.1 Å². The molecule has 1 heterocycles. The number of aryl methyl sites for hydroxylation is 2. The molecule has 1 aromatic heterocycles. The molecule has 6 heteroatoms. The van der Waals surface area contributed by atoms with Gasteiger partial charge in [-0.25, -0.2) is 9.78 Å². The van der Waals surface area contributed by atoms with Gasteiger partial charge >= 0.3 is 11.9 Å². The number of benzene rings is 1. The van der Waals surface area contributed by atoms with E-state index < -0.39 is 5.97 Å². The Balaban J connectivity index is 1.82. The van der Waals surface area contributed by atoms with E-state index in [1.54, 1.807) is 10.9 Å². The van der Waals surface area contributed by atoms with E-state index in [0.29, 0.717) is 18.7 Å². The summed E-state index contributed by atoms with van der Waals surface area (Å²) in [7, 11) is 1.33. The van der Waals surface area contributed by atoms with Crippen LogP contribution in [0.5, 0.6) is 0 Å². The average Bonchev–Trinajstić information content (AvgIpc) is 3.06. The summed E-state index contributed by atoms with van der Waals surface area (Å²) in [6.45, 7) is 0.828. The average molecular weight is 316 g/mol. The summed E-state index contributed by atoms with van der Waals surface area (Å²) in [5.41, 5.74) is 1.61. The maximum atomic E-state index is 12.1. The molecule has 122 valence electrons. The highest BCUT2D eigenvalue weighted by Gasteiger charge is 2.13. The highest BCUT2D eigenvalue weighted by atomic mass is 16.5. The van der Waals surface area contributed by atoms with Crippen LogP contribution >= 0.6 is 0 Å². The van der Waals surface area contributed by atoms with Crippen LogP contribution in [0.1, 0.15) is 28.9 Å². The SMILES string of the molecule is COC(=O)CCCOC(=O)c1cncn1CCc1ccccc1. The summed E-state index contributed by atoms with van der Waals surface area (Å²) in [6, 6.07) is 10.0. The van der Waals surface area contributed by atoms with E-state index in [9.17, 15) is 9.59 Å². The minimum absolute atomic E-state index is 0.178. The van der Waals surface area contributed by atoms with Gasteiger partial charge < -0.3 is 14.0 Å². The van der Waals surface area contributed by atoms with Crippen LogP contribution in [0.25, 0.3) is 0 Å². The van der Waals surface area contributed by atoms with Crippen LogP contribution in [0.15, 0.2) is 42.9 Å². The van der Waals surface area contributed by atoms with E-state index in [1.807, 2.05) is 30.3 Å². The molecular formula is C17H20N2O4. The molecule has 0 bridgehead atoms. The number of hydrogen-bond donors (Lipinski definition) is 0. The van der Waals surface area contributed by atoms with E-state index in [2.05, 4.69) is 9.72 Å². The maximum absolute atomic E-state index is 12.1. The van der Waals surface area contributed by atoms with Crippen LogP contribution in [-0.2, 0) is 27.2 Å². The highest BCUT2D eigenvalue weighted by Crippen LogP contribution is 2.07. The Hall–Kier alpha value is -2.63. The molecule has 0 saturated carbocycles. The first kappa shape index (κ1) is 16.7. The van der Waals surface area contributed by atoms with Crippen molar-refractivity contribution in [2.24, 2.45) is 0 Å². The van der Waals surface area contributed by atoms with E-state index in [4.69, 9.17) is 4.74 Å². The third-order valence-corrected chi connectivity index (χ3v) is 3.39. The van der Waals surface area contributed by atoms with Crippen molar-refractivity contribution in [2.75, 3.05) is 13.7 Å². The molecule has 2 rings (SSSR count). The van der Waals surface area contributed by atoms with Crippen molar-refractivity contribution in [1.82, 2.24) is 9.55 Å². The van der Waals surface area contributed by atoms with Gasteiger partial charge in [0.25, 0.3) is 0 Å². The lowest BCUT2D eigenvalue weighted by Gasteiger charge is -2.08. The molecule has 0 atom stereocenters. The summed E-state index contributed by atoms with van der Waals surface area (Å²) >= 11 is 0. The lowest BCUT2D eigenvalue weighted by molar-refractivity contribution is -0.140. The van der Waals surface area contributed by atoms with Gasteiger partial charge in [-0.2, -0.15) is 0 Å². The highest BCUT2D eigenvalue weighted by molar-refractivity contribution is 5.87. The van der Waals surface area contributed by atoms with Gasteiger partial charge in [0.1, 0.15) is 5.69 Å². The molecule has 0 fully saturated rings. The molecule has 0 spiro atoms. The fraction of sp³-hybridized carbons (Fsp3) is 0.353. The van der Waals surface area contributed by atoms with Gasteiger partial charge in [-0.05, 0) is 18.4 Å². The molecule has 0 saturated heterocycles. The lowest BCUT2D eigenvalue weighted by Crippen LogP contribution is -2.14. The van der Waals surface area contributed by atoms with Crippen LogP contribution in [0.4, 0.5) is 0 Å². The Morgan fingerprint density at radius 2 is 2.00 bits per heavy atom. The van der Waals surface area contributed by atoms with Gasteiger partial charge in [0.2, 0.25) is 0 Å². The molecule has 0 unspecified atom stereocenters. The normalized spacial score (nSPS) is 10.3. The number of carbonyl (C=O) groups is 2. The first-order valence-electron chi connectivity index (χ1n) is 7.48. The van der Waals surface area contributed by atoms with Crippen molar-refractivity contribution in [3.05, 3.63) is 54.1 Å². The second kappa shape index (κ2) is 8.73. The minimum Gasteiger partial charge on any atom is -0.469 e. The second-order valence-electron chi connectivity index (χ2n) is 5.02. The van der Waals surface area contributed by atoms with Crippen LogP contribution in [0, 0.1) is 0 Å². The summed E-state index contributed by atoms with van der Waals surface area (Å²) in [5, 5.41) is 0. The number of methoxy groups -OCH3 is 1. The number of esters is 2. The number of aromatic nitrogens is 2. The molecule has 0 aliphatic heterocycles. The number of imidazole rings is 1. The largest absolute Gasteiger partial charge is 0.469 e. The van der Waals surface area contributed by atoms with Gasteiger partial charge in [0.15, 0.2) is 0 Å². The third kappa shape index (κ3) is 5.25. The first-order valence-corrected chi connectivity index (χ1v) is 7.48. The Labute approximate surface area is 135 Å². The number of nitrogens with zero attached hydrogens (tertiary/aromatic N) is 2. The van der Waals surface area contributed by atoms with Crippen LogP contribution in [0.3, 0.4) is 0 Å². The smallest absolute Gasteiger partial charge is 0.356 e. The van der Waals surface area contributed by atoms with Crippen molar-refractivity contribution in [3.8, 4) is 0 Å². The third-order valence-electron chi connectivity index (χ3n) is 3.39. The van der Waals surface area contributed by atoms with Crippen molar-refractivity contribution in [2.45, 2.75) is 25.8 Å². The molecule has 0 aliphatic carbocycles. The summed E-state index contributed by atoms with van der Waals surface area (Å²) < 4.78 is 11.5. The molecule has 0 aliphatic rings. The Bertz CT molecular complexity index is 637. The summed E-state index contributed by atoms with van der Waals surface area (Å²) in [4.78, 5) is 27.0. The van der Waals surface area contributed by atoms with Gasteiger partial charge in [-0.1, -0.05) is 30.3 Å². The van der Waals surface area contributed by atoms with Crippen molar-refractivity contribution >= 4 is 11.9 Å². The molecule has 2 aromatic rings. The first-order chi connectivity index (χ1) is 11.2. The zero-order chi connectivity index (χ0) is 16.5. The Morgan fingerprint density at radius 1 is 1.22 bits per heavy atom. The molecule has 0 amide bonds. The van der Waals surface area contributed by atoms with Gasteiger partial charge in [-0.3, -0.25) is 4.79 Å². The quantitative estimate of drug-likeness (QED) is 0.552. The fourth-order valence-electron chi connectivity index (χ4n) is 2.12. The molecule has 0 N–H and O–H groups in total. The molecule has 1 aromatic carbocycles. The predicted octanol–water partition coefficient (Wildman–Crippen LogP) is 2.24. The van der Waals surface area contributed by atoms with E-state index in [1.165, 1.54) is 18.9 Å². The Kier molecular flexibility index (Phi) is 6.35. The van der Waals surface area contributed by atoms with E-state index in [-0.39, 0.29) is 19.0 Å². The summed E-state index contributed by atoms with van der Waals surface area (Å²) in [6.07, 6.45) is 4.59. The predicted molar refractivity (Wildman–Crippen MR) is 83.9 cm³/mol. The maximum Gasteiger partial charge on any atom is 0.356 e. The van der Waals surface area contributed by atoms with Crippen molar-refractivity contribution in [1.29, 1.82) is 0 Å². The second-order valence-corrected chi connectivity index (χ2v) is 5.02. The minimum atomic E-state index is -0.430. The number of ether oxygens (including phenoxy) is 2. The number of hydrogen-bond acceptors (Lipinski definition) is 5. The monoisotopic (exact) mass is 316 g/mol. The van der Waals surface area contributed by atoms with Gasteiger partial charge in [0.05, 0.1) is 26.2 Å². The number of rotatable bonds is 8. The molecule has 23 heavy (non-hydrogen) atoms. The van der Waals surface area contributed by atoms with Crippen LogP contribution in [0.2, 0.25) is 0 Å². The van der Waals surface area contributed by atoms with Gasteiger partial charge in [-0.15, -0.1) is 0 Å². The van der Waals surface area contributed by atoms with Gasteiger partial charge in [0, 0.05) is 13.0 Å². The lowest BCUT2D eigenvalue weighted by atomic mass is 10.1. The molecule has 0 radical (unpaired) electrons. The standard InChI is InChI=1S/C17H20N2O4/c1-22-16(20)8-5-11-23-17(21)15-12-18-13-19(15)10-9-14-6-3-2-4-7-14/h2-4,6-7,12-13H,5,8-11H2,1H3. The van der Waals surface area contributed by atoms with E-state index >= 15 is 0 Å². The Morgan fingerprint density at radius 3 is 2.74 bits per heavy atom. The van der Waals surface area contributed by atoms with Crippen LogP contribution in [-0.4, -0.2) is 35.2 Å². The zero-order valence-electron chi connectivity index (χ0n) is 13.1. The topological polar surface area (TPSA) is 70.4 Å². The number of carbonyl (C=O) groups excluding carboxylic acids is 2. The fourth-order valence-corrected chi connectivity index (χ4v) is 2.12. The molecule has 6 nitrogen and oxygen atoms in total. The van der Waals surface area contributed by atoms with Crippen LogP contribution < -0.4 is 0 Å². The van der Waals surface area contributed by atoms with E-state index in [0.717, 1.165) is 6.42 Å². The zero-order valence-corrected chi connectivity index (χ0v) is 13.1.